The summed E-state index contributed by atoms with van der Waals surface area (Å²) in [5.41, 5.74) is -0.502. The van der Waals surface area contributed by atoms with Crippen LogP contribution in [0.2, 0.25) is 0 Å². The zero-order chi connectivity index (χ0) is 12.9. The molecule has 1 heterocycles. The predicted molar refractivity (Wildman–Crippen MR) is 61.9 cm³/mol. The highest BCUT2D eigenvalue weighted by Crippen LogP contribution is 2.46. The summed E-state index contributed by atoms with van der Waals surface area (Å²) < 4.78 is 0. The van der Waals surface area contributed by atoms with Crippen molar-refractivity contribution >= 4 is 11.8 Å². The van der Waals surface area contributed by atoms with E-state index in [2.05, 4.69) is 0 Å². The fourth-order valence-electron chi connectivity index (χ4n) is 2.43. The van der Waals surface area contributed by atoms with E-state index in [1.807, 2.05) is 41.5 Å². The summed E-state index contributed by atoms with van der Waals surface area (Å²) in [6.45, 7) is 11.8. The number of rotatable bonds is 0. The van der Waals surface area contributed by atoms with Gasteiger partial charge in [-0.1, -0.05) is 41.5 Å². The summed E-state index contributed by atoms with van der Waals surface area (Å²) in [6, 6.07) is 0. The van der Waals surface area contributed by atoms with Crippen molar-refractivity contribution in [3.63, 3.8) is 0 Å². The van der Waals surface area contributed by atoms with Crippen LogP contribution in [0.1, 0.15) is 41.5 Å². The van der Waals surface area contributed by atoms with E-state index in [-0.39, 0.29) is 34.5 Å². The number of nitrogens with two attached hydrogens (primary N) is 1. The van der Waals surface area contributed by atoms with Crippen LogP contribution in [0.4, 0.5) is 0 Å². The monoisotopic (exact) mass is 226 g/mol. The highest BCUT2D eigenvalue weighted by atomic mass is 16.2. The highest BCUT2D eigenvalue weighted by molar-refractivity contribution is 6.05. The summed E-state index contributed by atoms with van der Waals surface area (Å²) >= 11 is 0. The standard InChI is InChI=1S/C12H22N2O2/c1-11(2,3)7-8(12(4,5)6)10(16)14(13)9(7)15/h7-8H,13H2,1-6H3. The number of nitrogens with zero attached hydrogens (tertiary/aromatic N) is 1. The molecule has 0 saturated carbocycles. The van der Waals surface area contributed by atoms with Gasteiger partial charge in [-0.05, 0) is 10.8 Å². The molecule has 1 aliphatic rings. The average molecular weight is 226 g/mol. The number of amides is 2. The van der Waals surface area contributed by atoms with Crippen LogP contribution >= 0.6 is 0 Å². The molecule has 16 heavy (non-hydrogen) atoms. The molecule has 1 fully saturated rings. The minimum absolute atomic E-state index is 0.251. The third-order valence-electron chi connectivity index (χ3n) is 3.21. The van der Waals surface area contributed by atoms with Crippen molar-refractivity contribution in [2.45, 2.75) is 41.5 Å². The molecule has 1 aliphatic heterocycles. The molecule has 0 bridgehead atoms. The molecule has 0 spiro atoms. The summed E-state index contributed by atoms with van der Waals surface area (Å²) in [6.07, 6.45) is 0. The SMILES string of the molecule is CC(C)(C)C1C(=O)N(N)C(=O)C1C(C)(C)C. The molecule has 2 N–H and O–H groups in total. The van der Waals surface area contributed by atoms with E-state index < -0.39 is 0 Å². The van der Waals surface area contributed by atoms with E-state index in [9.17, 15) is 9.59 Å². The van der Waals surface area contributed by atoms with Crippen LogP contribution < -0.4 is 5.84 Å². The van der Waals surface area contributed by atoms with Gasteiger partial charge in [0.2, 0.25) is 11.8 Å². The van der Waals surface area contributed by atoms with E-state index >= 15 is 0 Å². The maximum atomic E-state index is 12.0. The fraction of sp³-hybridized carbons (Fsp3) is 0.833. The van der Waals surface area contributed by atoms with Crippen molar-refractivity contribution in [2.24, 2.45) is 28.5 Å². The first-order chi connectivity index (χ1) is 6.98. The Balaban J connectivity index is 3.23. The normalized spacial score (nSPS) is 27.8. The summed E-state index contributed by atoms with van der Waals surface area (Å²) in [5.74, 6) is 4.37. The first kappa shape index (κ1) is 13.2. The Morgan fingerprint density at radius 2 is 1.12 bits per heavy atom. The van der Waals surface area contributed by atoms with Gasteiger partial charge < -0.3 is 0 Å². The number of hydrogen-bond acceptors (Lipinski definition) is 3. The van der Waals surface area contributed by atoms with E-state index in [0.29, 0.717) is 0 Å². The Bertz CT molecular complexity index is 291. The van der Waals surface area contributed by atoms with Gasteiger partial charge in [-0.3, -0.25) is 9.59 Å². The predicted octanol–water partition coefficient (Wildman–Crippen LogP) is 1.55. The van der Waals surface area contributed by atoms with Crippen molar-refractivity contribution in [1.29, 1.82) is 0 Å². The van der Waals surface area contributed by atoms with Crippen LogP contribution in [0.15, 0.2) is 0 Å². The lowest BCUT2D eigenvalue weighted by Gasteiger charge is -2.35. The maximum Gasteiger partial charge on any atom is 0.248 e. The second-order valence-electron chi connectivity index (χ2n) is 6.73. The Labute approximate surface area is 97.1 Å². The molecule has 1 rings (SSSR count). The number of hydrazine groups is 1. The van der Waals surface area contributed by atoms with Crippen LogP contribution in [-0.2, 0) is 9.59 Å². The highest BCUT2D eigenvalue weighted by Gasteiger charge is 2.55. The maximum absolute atomic E-state index is 12.0. The minimum Gasteiger partial charge on any atom is -0.273 e. The Morgan fingerprint density at radius 3 is 1.31 bits per heavy atom. The molecular weight excluding hydrogens is 204 g/mol. The molecule has 4 nitrogen and oxygen atoms in total. The molecule has 1 saturated heterocycles. The topological polar surface area (TPSA) is 63.4 Å². The first-order valence-corrected chi connectivity index (χ1v) is 5.60. The molecule has 0 aromatic carbocycles. The van der Waals surface area contributed by atoms with Crippen molar-refractivity contribution in [3.05, 3.63) is 0 Å². The van der Waals surface area contributed by atoms with Crippen LogP contribution in [0, 0.1) is 22.7 Å². The minimum atomic E-state index is -0.329. The van der Waals surface area contributed by atoms with Gasteiger partial charge in [-0.25, -0.2) is 10.9 Å². The zero-order valence-corrected chi connectivity index (χ0v) is 11.0. The molecule has 0 aliphatic carbocycles. The van der Waals surface area contributed by atoms with Gasteiger partial charge in [0.1, 0.15) is 0 Å². The number of carbonyl (C=O) groups excluding carboxylic acids is 2. The molecule has 2 atom stereocenters. The molecule has 0 radical (unpaired) electrons. The number of carbonyl (C=O) groups is 2. The third-order valence-corrected chi connectivity index (χ3v) is 3.21. The van der Waals surface area contributed by atoms with Crippen LogP contribution in [-0.4, -0.2) is 16.8 Å². The van der Waals surface area contributed by atoms with Gasteiger partial charge in [-0.2, -0.15) is 0 Å². The molecule has 2 amide bonds. The largest absolute Gasteiger partial charge is 0.273 e. The fourth-order valence-corrected chi connectivity index (χ4v) is 2.43. The summed E-state index contributed by atoms with van der Waals surface area (Å²) in [5, 5.41) is 0.797. The van der Waals surface area contributed by atoms with Crippen LogP contribution in [0.3, 0.4) is 0 Å². The van der Waals surface area contributed by atoms with E-state index in [4.69, 9.17) is 5.84 Å². The lowest BCUT2D eigenvalue weighted by molar-refractivity contribution is -0.141. The second-order valence-corrected chi connectivity index (χ2v) is 6.73. The Hall–Kier alpha value is -0.900. The van der Waals surface area contributed by atoms with Gasteiger partial charge in [0.25, 0.3) is 0 Å². The van der Waals surface area contributed by atoms with Gasteiger partial charge in [0.15, 0.2) is 0 Å². The smallest absolute Gasteiger partial charge is 0.248 e. The molecule has 0 aromatic heterocycles. The van der Waals surface area contributed by atoms with E-state index in [1.54, 1.807) is 0 Å². The quantitative estimate of drug-likeness (QED) is 0.387. The summed E-state index contributed by atoms with van der Waals surface area (Å²) in [4.78, 5) is 24.0. The van der Waals surface area contributed by atoms with Crippen molar-refractivity contribution in [2.75, 3.05) is 0 Å². The summed E-state index contributed by atoms with van der Waals surface area (Å²) in [7, 11) is 0. The molecule has 92 valence electrons. The Morgan fingerprint density at radius 1 is 0.875 bits per heavy atom. The van der Waals surface area contributed by atoms with Crippen molar-refractivity contribution < 1.29 is 9.59 Å². The van der Waals surface area contributed by atoms with Gasteiger partial charge in [-0.15, -0.1) is 0 Å². The van der Waals surface area contributed by atoms with Gasteiger partial charge in [0, 0.05) is 0 Å². The second kappa shape index (κ2) is 3.55. The van der Waals surface area contributed by atoms with E-state index in [1.165, 1.54) is 0 Å². The zero-order valence-electron chi connectivity index (χ0n) is 11.0. The van der Waals surface area contributed by atoms with E-state index in [0.717, 1.165) is 5.01 Å². The Kier molecular flexibility index (Phi) is 2.92. The average Bonchev–Trinajstić information content (AvgIpc) is 2.27. The first-order valence-electron chi connectivity index (χ1n) is 5.60. The lowest BCUT2D eigenvalue weighted by atomic mass is 9.65. The third kappa shape index (κ3) is 1.98. The van der Waals surface area contributed by atoms with Crippen molar-refractivity contribution in [1.82, 2.24) is 5.01 Å². The molecule has 2 unspecified atom stereocenters. The number of imide groups is 1. The lowest BCUT2D eigenvalue weighted by Crippen LogP contribution is -2.39. The van der Waals surface area contributed by atoms with Gasteiger partial charge in [0.05, 0.1) is 11.8 Å². The van der Waals surface area contributed by atoms with Crippen molar-refractivity contribution in [3.8, 4) is 0 Å². The molecule has 0 aromatic rings. The van der Waals surface area contributed by atoms with Crippen LogP contribution in [0.25, 0.3) is 0 Å². The van der Waals surface area contributed by atoms with Gasteiger partial charge >= 0.3 is 0 Å². The number of hydrogen-bond donors (Lipinski definition) is 1. The van der Waals surface area contributed by atoms with Crippen LogP contribution in [0.5, 0.6) is 0 Å². The molecule has 4 heteroatoms. The molecular formula is C12H22N2O2.